The maximum atomic E-state index is 12.4. The highest BCUT2D eigenvalue weighted by Crippen LogP contribution is 2.66. The van der Waals surface area contributed by atoms with Crippen LogP contribution in [0.3, 0.4) is 0 Å². The van der Waals surface area contributed by atoms with E-state index in [-0.39, 0.29) is 31.3 Å². The van der Waals surface area contributed by atoms with E-state index >= 15 is 0 Å². The Morgan fingerprint density at radius 1 is 1.06 bits per heavy atom. The van der Waals surface area contributed by atoms with Gasteiger partial charge in [-0.1, -0.05) is 11.8 Å². The fourth-order valence-corrected chi connectivity index (χ4v) is 8.29. The standard InChI is InChI=1S/C24H37N4O16P3S/c1-37-17-8-19(38-2)18(20(9-17)39-3)13-48-14-41-21-7-16(28-10-15(5-4-6-25)23(26)27-24(28)29)11-40-22(21)12-42-46(33,34)44-47(35,36)43-45(30,31)32/h8-10,16,21-22,24,29H,6-7,11-14,25H2,1-3H3,(H2,26,27)(H,33,34)(H,35,36)(H2,30,31,32)/t16?,21-,22+,24?/m0/s1. The minimum absolute atomic E-state index is 0.00102. The molecule has 6 atom stereocenters. The number of aliphatic imine (C=N–C) groups is 1. The number of rotatable bonds is 16. The van der Waals surface area contributed by atoms with Gasteiger partial charge in [-0.15, -0.1) is 11.8 Å². The number of hydrogen-bond acceptors (Lipinski definition) is 17. The van der Waals surface area contributed by atoms with Crippen molar-refractivity contribution in [2.45, 2.75) is 36.8 Å². The van der Waals surface area contributed by atoms with Gasteiger partial charge >= 0.3 is 23.5 Å². The van der Waals surface area contributed by atoms with E-state index in [4.69, 9.17) is 49.5 Å². The number of phosphoric ester groups is 1. The lowest BCUT2D eigenvalue weighted by molar-refractivity contribution is -0.146. The Labute approximate surface area is 279 Å². The monoisotopic (exact) mass is 762 g/mol. The number of amidine groups is 1. The van der Waals surface area contributed by atoms with E-state index in [0.717, 1.165) is 0 Å². The van der Waals surface area contributed by atoms with Gasteiger partial charge in [0.2, 0.25) is 6.35 Å². The van der Waals surface area contributed by atoms with E-state index in [1.807, 2.05) is 0 Å². The number of aliphatic hydroxyl groups excluding tert-OH is 1. The molecular weight excluding hydrogens is 725 g/mol. The normalized spacial score (nSPS) is 23.9. The van der Waals surface area contributed by atoms with Crippen molar-refractivity contribution in [1.29, 1.82) is 0 Å². The Kier molecular flexibility index (Phi) is 14.8. The first-order valence-electron chi connectivity index (χ1n) is 13.6. The van der Waals surface area contributed by atoms with E-state index in [2.05, 4.69) is 25.5 Å². The van der Waals surface area contributed by atoms with E-state index in [1.54, 1.807) is 12.1 Å². The van der Waals surface area contributed by atoms with Crippen LogP contribution >= 0.6 is 35.2 Å². The average Bonchev–Trinajstić information content (AvgIpc) is 2.99. The topological polar surface area (TPSA) is 294 Å². The van der Waals surface area contributed by atoms with Gasteiger partial charge in [-0.3, -0.25) is 4.52 Å². The van der Waals surface area contributed by atoms with Crippen molar-refractivity contribution in [3.63, 3.8) is 0 Å². The van der Waals surface area contributed by atoms with Crippen molar-refractivity contribution in [3.8, 4) is 29.1 Å². The van der Waals surface area contributed by atoms with Gasteiger partial charge in [-0.05, 0) is 6.42 Å². The number of ether oxygens (including phenoxy) is 5. The number of hydrogen-bond donors (Lipinski definition) is 7. The fourth-order valence-electron chi connectivity index (χ4n) is 4.42. The molecule has 0 aliphatic carbocycles. The highest BCUT2D eigenvalue weighted by molar-refractivity contribution is 7.98. The van der Waals surface area contributed by atoms with Gasteiger partial charge in [0.05, 0.1) is 64.7 Å². The number of aliphatic hydroxyl groups is 1. The van der Waals surface area contributed by atoms with Crippen LogP contribution in [0.25, 0.3) is 0 Å². The highest BCUT2D eigenvalue weighted by atomic mass is 32.2. The maximum absolute atomic E-state index is 12.4. The van der Waals surface area contributed by atoms with Gasteiger partial charge < -0.3 is 64.7 Å². The first-order chi connectivity index (χ1) is 22.5. The lowest BCUT2D eigenvalue weighted by Crippen LogP contribution is -2.53. The smallest absolute Gasteiger partial charge is 0.490 e. The SMILES string of the molecule is COc1cc(OC)c(CSCO[C@H]2CC(N3C=C(C#CCN)C(N)=NC3O)CO[C@@H]2COP(=O)(O)OP(=O)(O)OP(=O)(O)O)c(OC)c1. The Hall–Kier alpha value is -2.21. The summed E-state index contributed by atoms with van der Waals surface area (Å²) >= 11 is 1.31. The second-order valence-corrected chi connectivity index (χ2v) is 15.0. The molecule has 2 aliphatic heterocycles. The zero-order valence-electron chi connectivity index (χ0n) is 25.8. The zero-order chi connectivity index (χ0) is 35.7. The first-order valence-corrected chi connectivity index (χ1v) is 19.3. The molecule has 0 radical (unpaired) electrons. The van der Waals surface area contributed by atoms with Crippen LogP contribution in [-0.2, 0) is 42.1 Å². The highest BCUT2D eigenvalue weighted by Gasteiger charge is 2.43. The molecule has 48 heavy (non-hydrogen) atoms. The Balaban J connectivity index is 1.77. The molecule has 1 fully saturated rings. The van der Waals surface area contributed by atoms with Crippen LogP contribution in [0.1, 0.15) is 12.0 Å². The zero-order valence-corrected chi connectivity index (χ0v) is 29.3. The van der Waals surface area contributed by atoms with Crippen molar-refractivity contribution < 1.29 is 75.2 Å². The Morgan fingerprint density at radius 2 is 1.73 bits per heavy atom. The largest absolute Gasteiger partial charge is 0.496 e. The molecule has 2 heterocycles. The lowest BCUT2D eigenvalue weighted by Gasteiger charge is -2.42. The van der Waals surface area contributed by atoms with Gasteiger partial charge in [0.1, 0.15) is 29.2 Å². The summed E-state index contributed by atoms with van der Waals surface area (Å²) in [5.41, 5.74) is 12.4. The average molecular weight is 763 g/mol. The molecule has 20 nitrogen and oxygen atoms in total. The van der Waals surface area contributed by atoms with Crippen molar-refractivity contribution in [3.05, 3.63) is 29.5 Å². The summed E-state index contributed by atoms with van der Waals surface area (Å²) in [5.74, 6) is 7.35. The van der Waals surface area contributed by atoms with Crippen LogP contribution < -0.4 is 25.7 Å². The van der Waals surface area contributed by atoms with E-state index in [9.17, 15) is 28.6 Å². The molecule has 0 saturated carbocycles. The number of methoxy groups -OCH3 is 3. The van der Waals surface area contributed by atoms with Crippen LogP contribution in [0, 0.1) is 11.8 Å². The molecule has 1 aromatic rings. The lowest BCUT2D eigenvalue weighted by atomic mass is 10.0. The molecule has 24 heteroatoms. The minimum Gasteiger partial charge on any atom is -0.496 e. The van der Waals surface area contributed by atoms with Gasteiger partial charge in [0.25, 0.3) is 0 Å². The summed E-state index contributed by atoms with van der Waals surface area (Å²) in [6.07, 6.45) is -1.78. The third-order valence-corrected chi connectivity index (χ3v) is 11.1. The van der Waals surface area contributed by atoms with Crippen molar-refractivity contribution in [2.75, 3.05) is 47.0 Å². The summed E-state index contributed by atoms with van der Waals surface area (Å²) < 4.78 is 75.6. The second kappa shape index (κ2) is 17.6. The van der Waals surface area contributed by atoms with Crippen LogP contribution in [0.15, 0.2) is 28.9 Å². The molecule has 2 aliphatic rings. The molecule has 0 amide bonds. The molecule has 270 valence electrons. The van der Waals surface area contributed by atoms with Crippen molar-refractivity contribution in [1.82, 2.24) is 4.90 Å². The summed E-state index contributed by atoms with van der Waals surface area (Å²) in [6.45, 7) is -0.792. The molecule has 0 spiro atoms. The van der Waals surface area contributed by atoms with Crippen LogP contribution in [-0.4, -0.2) is 107 Å². The van der Waals surface area contributed by atoms with Crippen LogP contribution in [0.5, 0.6) is 17.2 Å². The predicted molar refractivity (Wildman–Crippen MR) is 169 cm³/mol. The van der Waals surface area contributed by atoms with Crippen molar-refractivity contribution in [2.24, 2.45) is 16.5 Å². The van der Waals surface area contributed by atoms with Crippen LogP contribution in [0.4, 0.5) is 0 Å². The summed E-state index contributed by atoms with van der Waals surface area (Å²) in [4.78, 5) is 42.4. The molecule has 0 bridgehead atoms. The third kappa shape index (κ3) is 12.0. The maximum Gasteiger partial charge on any atom is 0.490 e. The predicted octanol–water partition coefficient (Wildman–Crippen LogP) is 0.584. The van der Waals surface area contributed by atoms with E-state index in [0.29, 0.717) is 34.1 Å². The fraction of sp³-hybridized carbons (Fsp3) is 0.542. The number of nitrogens with two attached hydrogens (primary N) is 2. The number of phosphoric acid groups is 3. The van der Waals surface area contributed by atoms with Crippen LogP contribution in [0.2, 0.25) is 0 Å². The van der Waals surface area contributed by atoms with E-state index < -0.39 is 54.7 Å². The quantitative estimate of drug-likeness (QED) is 0.0524. The Morgan fingerprint density at radius 3 is 2.31 bits per heavy atom. The summed E-state index contributed by atoms with van der Waals surface area (Å²) in [5, 5.41) is 10.6. The number of nitrogens with zero attached hydrogens (tertiary/aromatic N) is 2. The molecule has 1 saturated heterocycles. The summed E-state index contributed by atoms with van der Waals surface area (Å²) in [7, 11) is -12.3. The second-order valence-electron chi connectivity index (χ2n) is 9.69. The molecule has 0 aromatic heterocycles. The third-order valence-electron chi connectivity index (χ3n) is 6.49. The molecule has 3 rings (SSSR count). The minimum atomic E-state index is -5.73. The van der Waals surface area contributed by atoms with Crippen molar-refractivity contribution >= 4 is 41.1 Å². The number of thioether (sulfide) groups is 1. The van der Waals surface area contributed by atoms with Gasteiger partial charge in [0, 0.05) is 29.6 Å². The molecule has 4 unspecified atom stereocenters. The number of benzene rings is 1. The van der Waals surface area contributed by atoms with Gasteiger partial charge in [0.15, 0.2) is 0 Å². The first kappa shape index (κ1) is 40.2. The molecular formula is C24H37N4O16P3S. The molecule has 1 aromatic carbocycles. The molecule has 9 N–H and O–H groups in total. The van der Waals surface area contributed by atoms with E-state index in [1.165, 1.54) is 44.2 Å². The van der Waals surface area contributed by atoms with Gasteiger partial charge in [-0.25, -0.2) is 18.7 Å². The summed E-state index contributed by atoms with van der Waals surface area (Å²) in [6, 6.07) is 2.79. The van der Waals surface area contributed by atoms with Gasteiger partial charge in [-0.2, -0.15) is 8.62 Å². The Bertz CT molecular complexity index is 1520.